The Morgan fingerprint density at radius 2 is 1.91 bits per heavy atom. The highest BCUT2D eigenvalue weighted by Gasteiger charge is 2.21. The first kappa shape index (κ1) is 15.8. The van der Waals surface area contributed by atoms with Gasteiger partial charge in [0, 0.05) is 23.2 Å². The molecule has 0 atom stereocenters. The Morgan fingerprint density at radius 3 is 2.59 bits per heavy atom. The lowest BCUT2D eigenvalue weighted by Gasteiger charge is -2.18. The molecular formula is C16H19N3O3. The van der Waals surface area contributed by atoms with E-state index >= 15 is 0 Å². The topological polar surface area (TPSA) is 84.0 Å². The van der Waals surface area contributed by atoms with Crippen LogP contribution in [0.25, 0.3) is 0 Å². The number of H-pyrrole nitrogens is 1. The van der Waals surface area contributed by atoms with Crippen LogP contribution in [0.3, 0.4) is 0 Å². The molecule has 2 N–H and O–H groups in total. The fraction of sp³-hybridized carbons (Fsp3) is 0.312. The molecule has 0 saturated heterocycles. The van der Waals surface area contributed by atoms with Crippen molar-refractivity contribution in [2.75, 3.05) is 5.32 Å². The zero-order valence-electron chi connectivity index (χ0n) is 12.8. The minimum absolute atomic E-state index is 0.0880. The fourth-order valence-electron chi connectivity index (χ4n) is 1.83. The maximum atomic E-state index is 12.0. The molecule has 1 aromatic carbocycles. The fourth-order valence-corrected chi connectivity index (χ4v) is 1.83. The van der Waals surface area contributed by atoms with E-state index in [1.807, 2.05) is 26.8 Å². The van der Waals surface area contributed by atoms with Crippen LogP contribution in [-0.2, 0) is 11.3 Å². The monoisotopic (exact) mass is 301 g/mol. The number of hydrogen-bond acceptors (Lipinski definition) is 3. The van der Waals surface area contributed by atoms with Gasteiger partial charge in [-0.25, -0.2) is 4.68 Å². The van der Waals surface area contributed by atoms with E-state index < -0.39 is 5.41 Å². The molecule has 1 heterocycles. The molecule has 6 nitrogen and oxygen atoms in total. The molecule has 0 aliphatic carbocycles. The third-order valence-corrected chi connectivity index (χ3v) is 3.10. The molecule has 2 rings (SSSR count). The zero-order valence-corrected chi connectivity index (χ0v) is 12.8. The van der Waals surface area contributed by atoms with Gasteiger partial charge in [0.05, 0.1) is 6.54 Å². The number of nitrogens with zero attached hydrogens (tertiary/aromatic N) is 1. The largest absolute Gasteiger partial charge is 0.326 e. The molecule has 116 valence electrons. The highest BCUT2D eigenvalue weighted by atomic mass is 16.2. The summed E-state index contributed by atoms with van der Waals surface area (Å²) in [5.74, 6) is -0.0880. The van der Waals surface area contributed by atoms with Crippen LogP contribution in [0.4, 0.5) is 5.69 Å². The Morgan fingerprint density at radius 1 is 1.18 bits per heavy atom. The third kappa shape index (κ3) is 3.94. The smallest absolute Gasteiger partial charge is 0.265 e. The summed E-state index contributed by atoms with van der Waals surface area (Å²) in [4.78, 5) is 35.0. The number of benzene rings is 1. The summed E-state index contributed by atoms with van der Waals surface area (Å²) in [5, 5.41) is 5.31. The molecule has 0 fully saturated rings. The average molecular weight is 301 g/mol. The summed E-state index contributed by atoms with van der Waals surface area (Å²) in [6.07, 6.45) is 0. The number of nitrogens with one attached hydrogen (secondary N) is 2. The standard InChI is InChI=1S/C16H19N3O3/c1-16(2,3)15(22)17-12-6-4-5-11(9-12)10-19-14(21)8-7-13(20)18-19/h4-9H,10H2,1-3H3,(H,17,22)(H,18,20). The van der Waals surface area contributed by atoms with Crippen LogP contribution in [0.2, 0.25) is 0 Å². The van der Waals surface area contributed by atoms with Crippen LogP contribution in [0, 0.1) is 5.41 Å². The maximum absolute atomic E-state index is 12.0. The van der Waals surface area contributed by atoms with Gasteiger partial charge in [0.15, 0.2) is 0 Å². The number of carbonyl (C=O) groups excluding carboxylic acids is 1. The van der Waals surface area contributed by atoms with Crippen molar-refractivity contribution >= 4 is 11.6 Å². The molecule has 0 radical (unpaired) electrons. The molecule has 0 spiro atoms. The van der Waals surface area contributed by atoms with Gasteiger partial charge in [0.2, 0.25) is 5.91 Å². The molecule has 6 heteroatoms. The van der Waals surface area contributed by atoms with Gasteiger partial charge in [-0.15, -0.1) is 0 Å². The first-order valence-electron chi connectivity index (χ1n) is 6.96. The van der Waals surface area contributed by atoms with Crippen molar-refractivity contribution in [3.63, 3.8) is 0 Å². The van der Waals surface area contributed by atoms with E-state index in [0.29, 0.717) is 5.69 Å². The van der Waals surface area contributed by atoms with E-state index in [1.165, 1.54) is 16.8 Å². The highest BCUT2D eigenvalue weighted by Crippen LogP contribution is 2.18. The Hall–Kier alpha value is -2.63. The summed E-state index contributed by atoms with van der Waals surface area (Å²) in [6.45, 7) is 5.73. The van der Waals surface area contributed by atoms with E-state index in [-0.39, 0.29) is 23.6 Å². The highest BCUT2D eigenvalue weighted by molar-refractivity contribution is 5.94. The van der Waals surface area contributed by atoms with Crippen molar-refractivity contribution in [3.8, 4) is 0 Å². The molecule has 22 heavy (non-hydrogen) atoms. The van der Waals surface area contributed by atoms with Crippen LogP contribution in [0.1, 0.15) is 26.3 Å². The summed E-state index contributed by atoms with van der Waals surface area (Å²) in [6, 6.07) is 9.60. The van der Waals surface area contributed by atoms with Crippen molar-refractivity contribution in [2.24, 2.45) is 5.41 Å². The van der Waals surface area contributed by atoms with Crippen molar-refractivity contribution < 1.29 is 4.79 Å². The molecular weight excluding hydrogens is 282 g/mol. The molecule has 0 saturated carbocycles. The number of anilines is 1. The van der Waals surface area contributed by atoms with E-state index in [1.54, 1.807) is 18.2 Å². The Balaban J connectivity index is 2.22. The number of amides is 1. The Kier molecular flexibility index (Phi) is 4.30. The number of carbonyl (C=O) groups is 1. The van der Waals surface area contributed by atoms with E-state index in [4.69, 9.17) is 0 Å². The quantitative estimate of drug-likeness (QED) is 0.902. The molecule has 1 aromatic heterocycles. The zero-order chi connectivity index (χ0) is 16.3. The lowest BCUT2D eigenvalue weighted by atomic mass is 9.95. The molecule has 1 amide bonds. The van der Waals surface area contributed by atoms with Crippen LogP contribution >= 0.6 is 0 Å². The molecule has 0 aliphatic rings. The van der Waals surface area contributed by atoms with Crippen LogP contribution in [-0.4, -0.2) is 15.7 Å². The molecule has 0 bridgehead atoms. The van der Waals surface area contributed by atoms with Gasteiger partial charge in [-0.2, -0.15) is 0 Å². The SMILES string of the molecule is CC(C)(C)C(=O)Nc1cccc(Cn2[nH]c(=O)ccc2=O)c1. The second-order valence-corrected chi connectivity index (χ2v) is 6.14. The normalized spacial score (nSPS) is 11.2. The van der Waals surface area contributed by atoms with Gasteiger partial charge < -0.3 is 5.32 Å². The Labute approximate surface area is 127 Å². The van der Waals surface area contributed by atoms with Crippen molar-refractivity contribution in [2.45, 2.75) is 27.3 Å². The maximum Gasteiger partial charge on any atom is 0.265 e. The molecule has 0 unspecified atom stereocenters. The van der Waals surface area contributed by atoms with E-state index in [9.17, 15) is 14.4 Å². The van der Waals surface area contributed by atoms with E-state index in [2.05, 4.69) is 10.4 Å². The van der Waals surface area contributed by atoms with Crippen LogP contribution in [0.15, 0.2) is 46.0 Å². The predicted molar refractivity (Wildman–Crippen MR) is 85.0 cm³/mol. The minimum Gasteiger partial charge on any atom is -0.326 e. The van der Waals surface area contributed by atoms with Gasteiger partial charge in [-0.1, -0.05) is 32.9 Å². The Bertz CT molecular complexity index is 797. The molecule has 2 aromatic rings. The van der Waals surface area contributed by atoms with E-state index in [0.717, 1.165) is 5.56 Å². The van der Waals surface area contributed by atoms with Gasteiger partial charge in [0.1, 0.15) is 0 Å². The van der Waals surface area contributed by atoms with Crippen molar-refractivity contribution in [3.05, 3.63) is 62.7 Å². The lowest BCUT2D eigenvalue weighted by molar-refractivity contribution is -0.123. The summed E-state index contributed by atoms with van der Waals surface area (Å²) < 4.78 is 1.23. The number of aromatic amines is 1. The van der Waals surface area contributed by atoms with Crippen molar-refractivity contribution in [1.29, 1.82) is 0 Å². The third-order valence-electron chi connectivity index (χ3n) is 3.10. The number of rotatable bonds is 3. The van der Waals surface area contributed by atoms with Gasteiger partial charge in [0.25, 0.3) is 11.1 Å². The average Bonchev–Trinajstić information content (AvgIpc) is 2.42. The summed E-state index contributed by atoms with van der Waals surface area (Å²) in [7, 11) is 0. The number of aromatic nitrogens is 2. The second-order valence-electron chi connectivity index (χ2n) is 6.14. The van der Waals surface area contributed by atoms with Gasteiger partial charge in [-0.05, 0) is 17.7 Å². The summed E-state index contributed by atoms with van der Waals surface area (Å²) in [5.41, 5.74) is 0.345. The lowest BCUT2D eigenvalue weighted by Crippen LogP contribution is -2.29. The second kappa shape index (κ2) is 6.01. The first-order chi connectivity index (χ1) is 10.3. The first-order valence-corrected chi connectivity index (χ1v) is 6.96. The predicted octanol–water partition coefficient (Wildman–Crippen LogP) is 1.57. The van der Waals surface area contributed by atoms with Gasteiger partial charge >= 0.3 is 0 Å². The minimum atomic E-state index is -0.488. The molecule has 0 aliphatic heterocycles. The number of hydrogen-bond donors (Lipinski definition) is 2. The van der Waals surface area contributed by atoms with Crippen LogP contribution < -0.4 is 16.4 Å². The van der Waals surface area contributed by atoms with Crippen LogP contribution in [0.5, 0.6) is 0 Å². The van der Waals surface area contributed by atoms with Gasteiger partial charge in [-0.3, -0.25) is 19.5 Å². The van der Waals surface area contributed by atoms with Crippen molar-refractivity contribution in [1.82, 2.24) is 9.78 Å². The summed E-state index contributed by atoms with van der Waals surface area (Å²) >= 11 is 0.